The molecule has 164 valence electrons. The van der Waals surface area contributed by atoms with Crippen LogP contribution in [-0.4, -0.2) is 33.4 Å². The number of benzene rings is 1. The van der Waals surface area contributed by atoms with E-state index >= 15 is 0 Å². The van der Waals surface area contributed by atoms with Gasteiger partial charge in [-0.1, -0.05) is 13.0 Å². The summed E-state index contributed by atoms with van der Waals surface area (Å²) in [7, 11) is 0. The number of hydrogen-bond donors (Lipinski definition) is 1. The van der Waals surface area contributed by atoms with Crippen LogP contribution in [0.3, 0.4) is 0 Å². The minimum Gasteiger partial charge on any atom is -0.354 e. The lowest BCUT2D eigenvalue weighted by Crippen LogP contribution is -2.43. The number of aryl methyl sites for hydroxylation is 3. The number of fused-ring (bicyclic) bond motifs is 1. The van der Waals surface area contributed by atoms with Gasteiger partial charge in [0, 0.05) is 35.6 Å². The first-order valence-electron chi connectivity index (χ1n) is 10.9. The van der Waals surface area contributed by atoms with Crippen LogP contribution >= 0.6 is 12.4 Å². The van der Waals surface area contributed by atoms with E-state index in [4.69, 9.17) is 0 Å². The van der Waals surface area contributed by atoms with Gasteiger partial charge in [0.25, 0.3) is 5.91 Å². The summed E-state index contributed by atoms with van der Waals surface area (Å²) in [5.41, 5.74) is 6.31. The number of piperidine rings is 1. The third kappa shape index (κ3) is 4.82. The quantitative estimate of drug-likeness (QED) is 0.532. The van der Waals surface area contributed by atoms with Crippen LogP contribution < -0.4 is 5.32 Å². The Balaban J connectivity index is 0.00000272. The summed E-state index contributed by atoms with van der Waals surface area (Å²) in [6.07, 6.45) is 6.00. The normalized spacial score (nSPS) is 16.1. The molecule has 1 N–H and O–H groups in total. The van der Waals surface area contributed by atoms with Crippen molar-refractivity contribution in [2.45, 2.75) is 59.4 Å². The Labute approximate surface area is 190 Å². The molecular weight excluding hydrogens is 408 g/mol. The average molecular weight is 439 g/mol. The molecule has 1 aromatic carbocycles. The number of likely N-dealkylation sites (tertiary alicyclic amines) is 1. The average Bonchev–Trinajstić information content (AvgIpc) is 2.72. The summed E-state index contributed by atoms with van der Waals surface area (Å²) in [5, 5.41) is 4.41. The lowest BCUT2D eigenvalue weighted by Gasteiger charge is -2.35. The molecule has 0 saturated carbocycles. The summed E-state index contributed by atoms with van der Waals surface area (Å²) < 4.78 is 0. The van der Waals surface area contributed by atoms with Gasteiger partial charge in [-0.05, 0) is 81.8 Å². The summed E-state index contributed by atoms with van der Waals surface area (Å²) in [6, 6.07) is 10.6. The Kier molecular flexibility index (Phi) is 7.16. The summed E-state index contributed by atoms with van der Waals surface area (Å²) in [4.78, 5) is 24.8. The van der Waals surface area contributed by atoms with Gasteiger partial charge in [-0.3, -0.25) is 4.79 Å². The van der Waals surface area contributed by atoms with Crippen molar-refractivity contribution in [3.63, 3.8) is 0 Å². The Morgan fingerprint density at radius 3 is 2.58 bits per heavy atom. The number of aromatic nitrogens is 2. The van der Waals surface area contributed by atoms with Gasteiger partial charge in [0.2, 0.25) is 0 Å². The van der Waals surface area contributed by atoms with Crippen LogP contribution in [0.4, 0.5) is 11.4 Å². The van der Waals surface area contributed by atoms with Crippen molar-refractivity contribution in [1.29, 1.82) is 0 Å². The SMILES string of the molecule is CCC1CCCCN1C(=O)c1cnc2nc(C)ccc2c1Nc1cc(C)cc(C)c1.Cl. The Morgan fingerprint density at radius 1 is 1.13 bits per heavy atom. The van der Waals surface area contributed by atoms with Crippen molar-refractivity contribution in [2.75, 3.05) is 11.9 Å². The van der Waals surface area contributed by atoms with Crippen molar-refractivity contribution in [2.24, 2.45) is 0 Å². The molecule has 4 rings (SSSR count). The van der Waals surface area contributed by atoms with E-state index in [1.54, 1.807) is 6.20 Å². The molecule has 1 unspecified atom stereocenters. The molecule has 1 aliphatic heterocycles. The molecule has 1 amide bonds. The van der Waals surface area contributed by atoms with Gasteiger partial charge < -0.3 is 10.2 Å². The van der Waals surface area contributed by atoms with Gasteiger partial charge in [0.1, 0.15) is 0 Å². The zero-order chi connectivity index (χ0) is 21.3. The molecule has 0 spiro atoms. The summed E-state index contributed by atoms with van der Waals surface area (Å²) >= 11 is 0. The first kappa shape index (κ1) is 23.0. The molecule has 6 heteroatoms. The topological polar surface area (TPSA) is 58.1 Å². The summed E-state index contributed by atoms with van der Waals surface area (Å²) in [6.45, 7) is 9.09. The van der Waals surface area contributed by atoms with Crippen LogP contribution in [0.1, 0.15) is 59.8 Å². The fourth-order valence-corrected chi connectivity index (χ4v) is 4.51. The predicted molar refractivity (Wildman–Crippen MR) is 130 cm³/mol. The monoisotopic (exact) mass is 438 g/mol. The third-order valence-corrected chi connectivity index (χ3v) is 5.95. The molecule has 3 aromatic rings. The van der Waals surface area contributed by atoms with Gasteiger partial charge in [0.05, 0.1) is 11.3 Å². The molecule has 2 aromatic heterocycles. The van der Waals surface area contributed by atoms with E-state index in [1.807, 2.05) is 24.0 Å². The molecule has 1 aliphatic rings. The number of amides is 1. The number of nitrogens with one attached hydrogen (secondary N) is 1. The van der Waals surface area contributed by atoms with Crippen molar-refractivity contribution in [3.8, 4) is 0 Å². The maximum Gasteiger partial charge on any atom is 0.257 e. The van der Waals surface area contributed by atoms with Crippen LogP contribution in [0.25, 0.3) is 11.0 Å². The van der Waals surface area contributed by atoms with E-state index in [9.17, 15) is 4.79 Å². The Hall–Kier alpha value is -2.66. The highest BCUT2D eigenvalue weighted by Crippen LogP contribution is 2.32. The molecular formula is C25H31ClN4O. The molecule has 1 saturated heterocycles. The minimum atomic E-state index is 0. The van der Waals surface area contributed by atoms with Crippen LogP contribution in [-0.2, 0) is 0 Å². The highest BCUT2D eigenvalue weighted by Gasteiger charge is 2.28. The van der Waals surface area contributed by atoms with Gasteiger partial charge in [-0.25, -0.2) is 9.97 Å². The zero-order valence-electron chi connectivity index (χ0n) is 18.7. The predicted octanol–water partition coefficient (Wildman–Crippen LogP) is 6.13. The first-order chi connectivity index (χ1) is 14.5. The second kappa shape index (κ2) is 9.65. The minimum absolute atomic E-state index is 0. The number of rotatable bonds is 4. The largest absolute Gasteiger partial charge is 0.354 e. The highest BCUT2D eigenvalue weighted by atomic mass is 35.5. The fourth-order valence-electron chi connectivity index (χ4n) is 4.51. The van der Waals surface area contributed by atoms with Crippen molar-refractivity contribution in [3.05, 3.63) is 58.9 Å². The second-order valence-electron chi connectivity index (χ2n) is 8.43. The molecule has 1 atom stereocenters. The number of hydrogen-bond acceptors (Lipinski definition) is 4. The van der Waals surface area contributed by atoms with E-state index in [0.29, 0.717) is 17.3 Å². The number of halogens is 1. The van der Waals surface area contributed by atoms with Crippen LogP contribution in [0.5, 0.6) is 0 Å². The number of anilines is 2. The Morgan fingerprint density at radius 2 is 1.87 bits per heavy atom. The lowest BCUT2D eigenvalue weighted by molar-refractivity contribution is 0.0609. The Bertz CT molecular complexity index is 1080. The van der Waals surface area contributed by atoms with Gasteiger partial charge in [-0.2, -0.15) is 0 Å². The highest BCUT2D eigenvalue weighted by molar-refractivity contribution is 6.07. The first-order valence-corrected chi connectivity index (χ1v) is 10.9. The number of pyridine rings is 2. The number of carbonyl (C=O) groups is 1. The molecule has 0 aliphatic carbocycles. The van der Waals surface area contributed by atoms with E-state index < -0.39 is 0 Å². The maximum atomic E-state index is 13.7. The second-order valence-corrected chi connectivity index (χ2v) is 8.43. The number of carbonyl (C=O) groups excluding carboxylic acids is 1. The maximum absolute atomic E-state index is 13.7. The van der Waals surface area contributed by atoms with Gasteiger partial charge in [-0.15, -0.1) is 12.4 Å². The molecule has 31 heavy (non-hydrogen) atoms. The number of nitrogens with zero attached hydrogens (tertiary/aromatic N) is 3. The summed E-state index contributed by atoms with van der Waals surface area (Å²) in [5.74, 6) is 0.0587. The van der Waals surface area contributed by atoms with Crippen molar-refractivity contribution >= 4 is 40.7 Å². The van der Waals surface area contributed by atoms with E-state index in [2.05, 4.69) is 54.3 Å². The lowest BCUT2D eigenvalue weighted by atomic mass is 9.98. The van der Waals surface area contributed by atoms with Crippen LogP contribution in [0, 0.1) is 20.8 Å². The van der Waals surface area contributed by atoms with Gasteiger partial charge in [0.15, 0.2) is 5.65 Å². The molecule has 1 fully saturated rings. The standard InChI is InChI=1S/C25H30N4O.ClH/c1-5-20-8-6-7-11-29(20)25(30)22-15-26-24-21(10-9-18(4)27-24)23(22)28-19-13-16(2)12-17(3)14-19;/h9-10,12-15,20H,5-8,11H2,1-4H3,(H,26,27,28);1H. The van der Waals surface area contributed by atoms with Crippen LogP contribution in [0.15, 0.2) is 36.5 Å². The van der Waals surface area contributed by atoms with E-state index in [-0.39, 0.29) is 18.3 Å². The molecule has 5 nitrogen and oxygen atoms in total. The van der Waals surface area contributed by atoms with E-state index in [1.165, 1.54) is 17.5 Å². The van der Waals surface area contributed by atoms with E-state index in [0.717, 1.165) is 48.3 Å². The molecule has 0 bridgehead atoms. The molecule has 0 radical (unpaired) electrons. The van der Waals surface area contributed by atoms with Gasteiger partial charge >= 0.3 is 0 Å². The third-order valence-electron chi connectivity index (χ3n) is 5.95. The van der Waals surface area contributed by atoms with Crippen molar-refractivity contribution in [1.82, 2.24) is 14.9 Å². The van der Waals surface area contributed by atoms with Crippen molar-refractivity contribution < 1.29 is 4.79 Å². The van der Waals surface area contributed by atoms with Crippen LogP contribution in [0.2, 0.25) is 0 Å². The smallest absolute Gasteiger partial charge is 0.257 e. The fraction of sp³-hybridized carbons (Fsp3) is 0.400. The molecule has 3 heterocycles. The zero-order valence-corrected chi connectivity index (χ0v) is 19.6.